The van der Waals surface area contributed by atoms with Gasteiger partial charge in [0.05, 0.1) is 0 Å². The van der Waals surface area contributed by atoms with Crippen molar-refractivity contribution >= 4 is 27.8 Å². The first-order valence-corrected chi connectivity index (χ1v) is 7.50. The van der Waals surface area contributed by atoms with Crippen LogP contribution in [0, 0.1) is 0 Å². The number of aliphatic carboxylic acids is 1. The molecule has 0 bridgehead atoms. The number of hydrogen-bond acceptors (Lipinski definition) is 3. The number of carboxylic acid groups (broad SMARTS) is 1. The van der Waals surface area contributed by atoms with Gasteiger partial charge in [0, 0.05) is 31.0 Å². The highest BCUT2D eigenvalue weighted by Gasteiger charge is 2.20. The summed E-state index contributed by atoms with van der Waals surface area (Å²) in [6, 6.07) is 6.82. The zero-order valence-corrected chi connectivity index (χ0v) is 13.7. The van der Waals surface area contributed by atoms with E-state index in [-0.39, 0.29) is 24.7 Å². The van der Waals surface area contributed by atoms with Crippen molar-refractivity contribution in [2.75, 3.05) is 13.7 Å². The van der Waals surface area contributed by atoms with Gasteiger partial charge in [-0.15, -0.1) is 0 Å². The van der Waals surface area contributed by atoms with Crippen molar-refractivity contribution in [1.29, 1.82) is 0 Å². The van der Waals surface area contributed by atoms with Crippen LogP contribution < -0.4 is 5.32 Å². The number of hydrogen-bond donors (Lipinski definition) is 2. The molecule has 116 valence electrons. The van der Waals surface area contributed by atoms with E-state index in [2.05, 4.69) is 21.2 Å². The smallest absolute Gasteiger partial charge is 0.326 e. The van der Waals surface area contributed by atoms with Crippen LogP contribution in [0.1, 0.15) is 31.2 Å². The van der Waals surface area contributed by atoms with Crippen LogP contribution in [0.15, 0.2) is 28.7 Å². The fourth-order valence-electron chi connectivity index (χ4n) is 1.93. The molecule has 0 saturated heterocycles. The first-order chi connectivity index (χ1) is 9.93. The zero-order chi connectivity index (χ0) is 15.8. The van der Waals surface area contributed by atoms with Gasteiger partial charge in [0.2, 0.25) is 5.91 Å². The minimum absolute atomic E-state index is 0.0231. The van der Waals surface area contributed by atoms with Crippen molar-refractivity contribution in [3.63, 3.8) is 0 Å². The van der Waals surface area contributed by atoms with Crippen LogP contribution in [0.25, 0.3) is 0 Å². The van der Waals surface area contributed by atoms with Gasteiger partial charge in [0.1, 0.15) is 6.04 Å². The Balaban J connectivity index is 2.54. The lowest BCUT2D eigenvalue weighted by Gasteiger charge is -2.16. The summed E-state index contributed by atoms with van der Waals surface area (Å²) in [5.41, 5.74) is 1.04. The molecule has 0 saturated carbocycles. The maximum Gasteiger partial charge on any atom is 0.326 e. The minimum Gasteiger partial charge on any atom is -0.480 e. The number of methoxy groups -OCH3 is 1. The number of ether oxygens (including phenoxy) is 1. The molecule has 2 atom stereocenters. The van der Waals surface area contributed by atoms with E-state index >= 15 is 0 Å². The summed E-state index contributed by atoms with van der Waals surface area (Å²) in [4.78, 5) is 23.0. The number of amides is 1. The van der Waals surface area contributed by atoms with Crippen LogP contribution in [0.5, 0.6) is 0 Å². The zero-order valence-electron chi connectivity index (χ0n) is 12.1. The minimum atomic E-state index is -1.04. The van der Waals surface area contributed by atoms with Gasteiger partial charge in [-0.05, 0) is 23.6 Å². The molecular weight excluding hydrogens is 338 g/mol. The molecule has 2 N–H and O–H groups in total. The van der Waals surface area contributed by atoms with Crippen molar-refractivity contribution in [2.45, 2.75) is 31.7 Å². The molecule has 1 aromatic carbocycles. The van der Waals surface area contributed by atoms with Crippen molar-refractivity contribution in [1.82, 2.24) is 5.32 Å². The monoisotopic (exact) mass is 357 g/mol. The Morgan fingerprint density at radius 3 is 2.48 bits per heavy atom. The van der Waals surface area contributed by atoms with E-state index in [0.717, 1.165) is 10.0 Å². The highest BCUT2D eigenvalue weighted by atomic mass is 79.9. The standard InChI is InChI=1S/C15H20BrNO4/c1-10(11-3-5-12(16)6-4-11)9-14(18)17-13(15(19)20)7-8-21-2/h3-6,10,13H,7-9H2,1-2H3,(H,17,18)(H,19,20). The van der Waals surface area contributed by atoms with E-state index in [1.165, 1.54) is 7.11 Å². The number of halogens is 1. The second-order valence-corrected chi connectivity index (χ2v) is 5.81. The SMILES string of the molecule is COCCC(NC(=O)CC(C)c1ccc(Br)cc1)C(=O)O. The van der Waals surface area contributed by atoms with Gasteiger partial charge < -0.3 is 15.2 Å². The van der Waals surface area contributed by atoms with Crippen LogP contribution in [0.2, 0.25) is 0 Å². The number of rotatable bonds is 8. The lowest BCUT2D eigenvalue weighted by Crippen LogP contribution is -2.41. The Labute approximate surface area is 132 Å². The predicted octanol–water partition coefficient (Wildman–Crippen LogP) is 2.55. The van der Waals surface area contributed by atoms with Gasteiger partial charge in [-0.1, -0.05) is 35.0 Å². The second kappa shape index (κ2) is 8.79. The number of carbonyl (C=O) groups is 2. The van der Waals surface area contributed by atoms with Crippen molar-refractivity contribution in [3.8, 4) is 0 Å². The molecule has 0 radical (unpaired) electrons. The first kappa shape index (κ1) is 17.7. The fraction of sp³-hybridized carbons (Fsp3) is 0.467. The summed E-state index contributed by atoms with van der Waals surface area (Å²) in [7, 11) is 1.50. The Bertz CT molecular complexity index is 475. The third kappa shape index (κ3) is 6.27. The van der Waals surface area contributed by atoms with E-state index in [1.54, 1.807) is 0 Å². The molecule has 0 aliphatic heterocycles. The Hall–Kier alpha value is -1.40. The molecule has 2 unspecified atom stereocenters. The number of carboxylic acids is 1. The van der Waals surface area contributed by atoms with Crippen LogP contribution in [0.3, 0.4) is 0 Å². The highest BCUT2D eigenvalue weighted by Crippen LogP contribution is 2.21. The number of nitrogens with one attached hydrogen (secondary N) is 1. The van der Waals surface area contributed by atoms with Gasteiger partial charge >= 0.3 is 5.97 Å². The first-order valence-electron chi connectivity index (χ1n) is 6.70. The molecule has 0 spiro atoms. The van der Waals surface area contributed by atoms with E-state index in [9.17, 15) is 9.59 Å². The van der Waals surface area contributed by atoms with Gasteiger partial charge in [-0.2, -0.15) is 0 Å². The lowest BCUT2D eigenvalue weighted by molar-refractivity contribution is -0.142. The fourth-order valence-corrected chi connectivity index (χ4v) is 2.20. The molecule has 1 amide bonds. The van der Waals surface area contributed by atoms with E-state index in [4.69, 9.17) is 9.84 Å². The molecule has 21 heavy (non-hydrogen) atoms. The van der Waals surface area contributed by atoms with Crippen molar-refractivity contribution < 1.29 is 19.4 Å². The highest BCUT2D eigenvalue weighted by molar-refractivity contribution is 9.10. The normalized spacial score (nSPS) is 13.5. The molecule has 0 aliphatic carbocycles. The second-order valence-electron chi connectivity index (χ2n) is 4.90. The number of benzene rings is 1. The molecule has 1 rings (SSSR count). The van der Waals surface area contributed by atoms with Crippen molar-refractivity contribution in [3.05, 3.63) is 34.3 Å². The Morgan fingerprint density at radius 2 is 1.95 bits per heavy atom. The molecule has 0 heterocycles. The molecule has 6 heteroatoms. The summed E-state index contributed by atoms with van der Waals surface area (Å²) in [5, 5.41) is 11.6. The maximum atomic E-state index is 11.9. The Morgan fingerprint density at radius 1 is 1.33 bits per heavy atom. The summed E-state index contributed by atoms with van der Waals surface area (Å²) in [5.74, 6) is -1.29. The van der Waals surface area contributed by atoms with Gasteiger partial charge in [-0.25, -0.2) is 4.79 Å². The van der Waals surface area contributed by atoms with Gasteiger partial charge in [0.15, 0.2) is 0 Å². The number of carbonyl (C=O) groups excluding carboxylic acids is 1. The third-order valence-electron chi connectivity index (χ3n) is 3.17. The molecule has 5 nitrogen and oxygen atoms in total. The van der Waals surface area contributed by atoms with Crippen LogP contribution in [0.4, 0.5) is 0 Å². The molecule has 1 aromatic rings. The summed E-state index contributed by atoms with van der Waals surface area (Å²) in [6.45, 7) is 2.23. The summed E-state index contributed by atoms with van der Waals surface area (Å²) >= 11 is 3.36. The van der Waals surface area contributed by atoms with Crippen molar-refractivity contribution in [2.24, 2.45) is 0 Å². The van der Waals surface area contributed by atoms with E-state index < -0.39 is 12.0 Å². The molecular formula is C15H20BrNO4. The van der Waals surface area contributed by atoms with E-state index in [0.29, 0.717) is 6.61 Å². The predicted molar refractivity (Wildman–Crippen MR) is 83.2 cm³/mol. The largest absolute Gasteiger partial charge is 0.480 e. The molecule has 0 aliphatic rings. The van der Waals surface area contributed by atoms with Crippen LogP contribution in [-0.4, -0.2) is 36.7 Å². The quantitative estimate of drug-likeness (QED) is 0.749. The third-order valence-corrected chi connectivity index (χ3v) is 3.70. The van der Waals surface area contributed by atoms with Crippen LogP contribution >= 0.6 is 15.9 Å². The molecule has 0 aromatic heterocycles. The average Bonchev–Trinajstić information content (AvgIpc) is 2.43. The topological polar surface area (TPSA) is 75.6 Å². The van der Waals surface area contributed by atoms with E-state index in [1.807, 2.05) is 31.2 Å². The van der Waals surface area contributed by atoms with Gasteiger partial charge in [-0.3, -0.25) is 4.79 Å². The maximum absolute atomic E-state index is 11.9. The van der Waals surface area contributed by atoms with Crippen LogP contribution in [-0.2, 0) is 14.3 Å². The average molecular weight is 358 g/mol. The summed E-state index contributed by atoms with van der Waals surface area (Å²) < 4.78 is 5.83. The van der Waals surface area contributed by atoms with Gasteiger partial charge in [0.25, 0.3) is 0 Å². The summed E-state index contributed by atoms with van der Waals surface area (Å²) in [6.07, 6.45) is 0.503. The Kier molecular flexibility index (Phi) is 7.39. The molecule has 0 fully saturated rings. The lowest BCUT2D eigenvalue weighted by atomic mass is 9.97.